The van der Waals surface area contributed by atoms with Crippen LogP contribution in [0.25, 0.3) is 0 Å². The van der Waals surface area contributed by atoms with Crippen LogP contribution in [0, 0.1) is 17.2 Å². The normalized spacial score (nSPS) is 16.6. The summed E-state index contributed by atoms with van der Waals surface area (Å²) in [6, 6.07) is 31.4. The van der Waals surface area contributed by atoms with Gasteiger partial charge in [0.2, 0.25) is 0 Å². The van der Waals surface area contributed by atoms with Crippen molar-refractivity contribution in [1.82, 2.24) is 0 Å². The zero-order valence-electron chi connectivity index (χ0n) is 16.1. The highest BCUT2D eigenvalue weighted by Gasteiger charge is 2.45. The van der Waals surface area contributed by atoms with Crippen LogP contribution in [0.3, 0.4) is 0 Å². The van der Waals surface area contributed by atoms with E-state index in [1.54, 1.807) is 7.11 Å². The summed E-state index contributed by atoms with van der Waals surface area (Å²) in [5, 5.41) is 10.5. The Kier molecular flexibility index (Phi) is 5.04. The van der Waals surface area contributed by atoms with Crippen molar-refractivity contribution in [3.8, 4) is 11.8 Å². The summed E-state index contributed by atoms with van der Waals surface area (Å²) in [6.45, 7) is 1.80. The topological polar surface area (TPSA) is 36.3 Å². The molecule has 28 heavy (non-hydrogen) atoms. The molecule has 1 atom stereocenters. The lowest BCUT2D eigenvalue weighted by molar-refractivity contribution is 0.414. The van der Waals surface area contributed by atoms with Crippen molar-refractivity contribution in [3.05, 3.63) is 96.1 Å². The molecule has 3 nitrogen and oxygen atoms in total. The standard InChI is InChI=1S/C25H24N2O/c1-28-24-14-12-23(13-15-24)27-17-16-22(18-27)25(19-26,20-8-4-2-5-9-20)21-10-6-3-7-11-21/h2-15,22H,16-18H2,1H3/t22-/m1/s1. The molecule has 1 fully saturated rings. The van der Waals surface area contributed by atoms with Gasteiger partial charge in [0.15, 0.2) is 0 Å². The first-order chi connectivity index (χ1) is 13.8. The van der Waals surface area contributed by atoms with Gasteiger partial charge in [-0.05, 0) is 41.8 Å². The van der Waals surface area contributed by atoms with Gasteiger partial charge < -0.3 is 9.64 Å². The van der Waals surface area contributed by atoms with E-state index in [9.17, 15) is 5.26 Å². The molecule has 0 amide bonds. The largest absolute Gasteiger partial charge is 0.497 e. The van der Waals surface area contributed by atoms with Crippen LogP contribution in [0.2, 0.25) is 0 Å². The van der Waals surface area contributed by atoms with E-state index < -0.39 is 5.41 Å². The van der Waals surface area contributed by atoms with Crippen LogP contribution in [0.15, 0.2) is 84.9 Å². The van der Waals surface area contributed by atoms with Crippen LogP contribution in [0.4, 0.5) is 5.69 Å². The smallest absolute Gasteiger partial charge is 0.119 e. The van der Waals surface area contributed by atoms with Crippen molar-refractivity contribution in [1.29, 1.82) is 5.26 Å². The molecule has 3 aromatic carbocycles. The first-order valence-electron chi connectivity index (χ1n) is 9.69. The molecule has 3 aromatic rings. The maximum absolute atomic E-state index is 10.5. The van der Waals surface area contributed by atoms with Gasteiger partial charge in [0, 0.05) is 24.7 Å². The molecule has 0 unspecified atom stereocenters. The third-order valence-corrected chi connectivity index (χ3v) is 5.87. The Hall–Kier alpha value is -3.25. The minimum Gasteiger partial charge on any atom is -0.497 e. The zero-order valence-corrected chi connectivity index (χ0v) is 16.1. The van der Waals surface area contributed by atoms with Crippen molar-refractivity contribution in [2.45, 2.75) is 11.8 Å². The third kappa shape index (κ3) is 3.12. The molecule has 0 spiro atoms. The average molecular weight is 368 g/mol. The Labute approximate surface area is 166 Å². The van der Waals surface area contributed by atoms with Gasteiger partial charge in [-0.1, -0.05) is 60.7 Å². The SMILES string of the molecule is COc1ccc(N2CC[C@@H](C(C#N)(c3ccccc3)c3ccccc3)C2)cc1. The number of nitrogens with zero attached hydrogens (tertiary/aromatic N) is 2. The van der Waals surface area contributed by atoms with Crippen molar-refractivity contribution >= 4 is 5.69 Å². The molecular formula is C25H24N2O. The van der Waals surface area contributed by atoms with E-state index in [1.807, 2.05) is 48.5 Å². The molecule has 0 bridgehead atoms. The van der Waals surface area contributed by atoms with Crippen molar-refractivity contribution in [3.63, 3.8) is 0 Å². The summed E-state index contributed by atoms with van der Waals surface area (Å²) in [7, 11) is 1.68. The Morgan fingerprint density at radius 1 is 0.893 bits per heavy atom. The third-order valence-electron chi connectivity index (χ3n) is 5.87. The highest BCUT2D eigenvalue weighted by molar-refractivity contribution is 5.53. The number of hydrogen-bond donors (Lipinski definition) is 0. The molecule has 4 rings (SSSR count). The fraction of sp³-hybridized carbons (Fsp3) is 0.240. The van der Waals surface area contributed by atoms with E-state index in [2.05, 4.69) is 47.4 Å². The molecule has 3 heteroatoms. The van der Waals surface area contributed by atoms with Crippen LogP contribution >= 0.6 is 0 Å². The first kappa shape index (κ1) is 18.1. The van der Waals surface area contributed by atoms with Gasteiger partial charge in [-0.3, -0.25) is 0 Å². The Morgan fingerprint density at radius 3 is 1.96 bits per heavy atom. The van der Waals surface area contributed by atoms with E-state index in [4.69, 9.17) is 4.74 Å². The van der Waals surface area contributed by atoms with Crippen molar-refractivity contribution < 1.29 is 4.74 Å². The van der Waals surface area contributed by atoms with E-state index >= 15 is 0 Å². The number of nitriles is 1. The number of hydrogen-bond acceptors (Lipinski definition) is 3. The first-order valence-corrected chi connectivity index (χ1v) is 9.69. The van der Waals surface area contributed by atoms with Gasteiger partial charge in [0.25, 0.3) is 0 Å². The molecule has 0 N–H and O–H groups in total. The molecule has 0 saturated carbocycles. The summed E-state index contributed by atoms with van der Waals surface area (Å²) in [6.07, 6.45) is 0.976. The average Bonchev–Trinajstić information content (AvgIpc) is 3.27. The summed E-state index contributed by atoms with van der Waals surface area (Å²) in [4.78, 5) is 2.38. The van der Waals surface area contributed by atoms with Gasteiger partial charge in [0.1, 0.15) is 11.2 Å². The lowest BCUT2D eigenvalue weighted by Crippen LogP contribution is -2.37. The van der Waals surface area contributed by atoms with E-state index in [0.717, 1.165) is 36.4 Å². The van der Waals surface area contributed by atoms with Crippen molar-refractivity contribution in [2.24, 2.45) is 5.92 Å². The van der Waals surface area contributed by atoms with Crippen LogP contribution < -0.4 is 9.64 Å². The summed E-state index contributed by atoms with van der Waals surface area (Å²) < 4.78 is 5.28. The van der Waals surface area contributed by atoms with Crippen LogP contribution in [-0.4, -0.2) is 20.2 Å². The Balaban J connectivity index is 1.71. The summed E-state index contributed by atoms with van der Waals surface area (Å²) in [5.74, 6) is 1.07. The maximum atomic E-state index is 10.5. The number of rotatable bonds is 5. The number of benzene rings is 3. The Morgan fingerprint density at radius 2 is 1.46 bits per heavy atom. The van der Waals surface area contributed by atoms with E-state index in [0.29, 0.717) is 0 Å². The number of methoxy groups -OCH3 is 1. The maximum Gasteiger partial charge on any atom is 0.119 e. The highest BCUT2D eigenvalue weighted by atomic mass is 16.5. The molecule has 0 radical (unpaired) electrons. The predicted molar refractivity (Wildman–Crippen MR) is 113 cm³/mol. The van der Waals surface area contributed by atoms with Gasteiger partial charge in [0.05, 0.1) is 13.2 Å². The fourth-order valence-electron chi connectivity index (χ4n) is 4.40. The Bertz CT molecular complexity index is 906. The molecule has 1 heterocycles. The van der Waals surface area contributed by atoms with Crippen LogP contribution in [-0.2, 0) is 5.41 Å². The molecule has 140 valence electrons. The minimum atomic E-state index is -0.649. The molecule has 0 aliphatic carbocycles. The van der Waals surface area contributed by atoms with E-state index in [1.165, 1.54) is 5.69 Å². The highest BCUT2D eigenvalue weighted by Crippen LogP contribution is 2.44. The molecule has 1 aliphatic rings. The molecule has 1 saturated heterocycles. The van der Waals surface area contributed by atoms with Crippen LogP contribution in [0.5, 0.6) is 5.75 Å². The lowest BCUT2D eigenvalue weighted by Gasteiger charge is -2.34. The second kappa shape index (κ2) is 7.78. The van der Waals surface area contributed by atoms with Gasteiger partial charge in [-0.2, -0.15) is 5.26 Å². The van der Waals surface area contributed by atoms with Gasteiger partial charge in [-0.25, -0.2) is 0 Å². The quantitative estimate of drug-likeness (QED) is 0.634. The monoisotopic (exact) mass is 368 g/mol. The summed E-state index contributed by atoms with van der Waals surface area (Å²) in [5.41, 5.74) is 2.68. The second-order valence-corrected chi connectivity index (χ2v) is 7.28. The number of ether oxygens (including phenoxy) is 1. The molecule has 0 aromatic heterocycles. The number of anilines is 1. The summed E-state index contributed by atoms with van der Waals surface area (Å²) >= 11 is 0. The molecular weight excluding hydrogens is 344 g/mol. The fourth-order valence-corrected chi connectivity index (χ4v) is 4.40. The van der Waals surface area contributed by atoms with Crippen molar-refractivity contribution in [2.75, 3.05) is 25.1 Å². The second-order valence-electron chi connectivity index (χ2n) is 7.28. The van der Waals surface area contributed by atoms with Gasteiger partial charge in [-0.15, -0.1) is 0 Å². The molecule has 1 aliphatic heterocycles. The van der Waals surface area contributed by atoms with E-state index in [-0.39, 0.29) is 5.92 Å². The minimum absolute atomic E-state index is 0.212. The van der Waals surface area contributed by atoms with Gasteiger partial charge >= 0.3 is 0 Å². The predicted octanol–water partition coefficient (Wildman–Crippen LogP) is 5.03. The lowest BCUT2D eigenvalue weighted by atomic mass is 9.66. The zero-order chi connectivity index (χ0) is 19.4. The van der Waals surface area contributed by atoms with Crippen LogP contribution in [0.1, 0.15) is 17.5 Å².